The number of aliphatic hydroxyl groups excluding tert-OH is 3. The lowest BCUT2D eigenvalue weighted by atomic mass is 9.33. The smallest absolute Gasteiger partial charge is 0.314 e. The number of ether oxygens (including phenoxy) is 2. The highest BCUT2D eigenvalue weighted by molar-refractivity contribution is 5.78. The number of unbranched alkanes of at least 4 members (excludes halogenated alkanes) is 5. The summed E-state index contributed by atoms with van der Waals surface area (Å²) in [6.07, 6.45) is 15.2. The second-order valence-electron chi connectivity index (χ2n) is 17.4. The normalized spacial score (nSPS) is 47.5. The van der Waals surface area contributed by atoms with Crippen molar-refractivity contribution >= 4 is 5.97 Å². The van der Waals surface area contributed by atoms with Crippen molar-refractivity contribution in [3.05, 3.63) is 11.6 Å². The average molecular weight is 631 g/mol. The predicted molar refractivity (Wildman–Crippen MR) is 178 cm³/mol. The van der Waals surface area contributed by atoms with E-state index in [0.717, 1.165) is 51.4 Å². The number of allylic oxidation sites excluding steroid dienone is 2. The molecule has 12 atom stereocenters. The van der Waals surface area contributed by atoms with Gasteiger partial charge in [0.05, 0.1) is 30.8 Å². The van der Waals surface area contributed by atoms with Crippen molar-refractivity contribution in [3.63, 3.8) is 0 Å². The summed E-state index contributed by atoms with van der Waals surface area (Å²) in [6.45, 7) is 16.9. The predicted octanol–water partition coefficient (Wildman–Crippen LogP) is 7.83. The van der Waals surface area contributed by atoms with Crippen molar-refractivity contribution in [2.45, 2.75) is 151 Å². The van der Waals surface area contributed by atoms with E-state index in [1.807, 2.05) is 6.92 Å². The Balaban J connectivity index is 1.38. The molecule has 5 aliphatic carbocycles. The molecular formula is C39H66O6. The van der Waals surface area contributed by atoms with E-state index in [1.165, 1.54) is 37.7 Å². The fourth-order valence-corrected chi connectivity index (χ4v) is 12.3. The van der Waals surface area contributed by atoms with Crippen molar-refractivity contribution in [1.29, 1.82) is 0 Å². The van der Waals surface area contributed by atoms with Crippen molar-refractivity contribution in [2.24, 2.45) is 56.7 Å². The maximum absolute atomic E-state index is 14.2. The summed E-state index contributed by atoms with van der Waals surface area (Å²) in [5, 5.41) is 32.8. The van der Waals surface area contributed by atoms with Gasteiger partial charge in [0.2, 0.25) is 0 Å². The Hall–Kier alpha value is -0.950. The zero-order chi connectivity index (χ0) is 32.8. The lowest BCUT2D eigenvalue weighted by Crippen LogP contribution is -2.68. The highest BCUT2D eigenvalue weighted by Crippen LogP contribution is 2.75. The maximum atomic E-state index is 14.2. The number of fused-ring (bicyclic) bond motifs is 7. The fourth-order valence-electron chi connectivity index (χ4n) is 12.3. The molecule has 0 aliphatic heterocycles. The van der Waals surface area contributed by atoms with Crippen LogP contribution in [0.25, 0.3) is 0 Å². The Labute approximate surface area is 274 Å². The zero-order valence-corrected chi connectivity index (χ0v) is 29.7. The molecular weight excluding hydrogens is 564 g/mol. The molecule has 0 unspecified atom stereocenters. The summed E-state index contributed by atoms with van der Waals surface area (Å²) in [5.41, 5.74) is 0.0204. The maximum Gasteiger partial charge on any atom is 0.314 e. The molecule has 6 heteroatoms. The van der Waals surface area contributed by atoms with Crippen LogP contribution >= 0.6 is 0 Å². The Kier molecular flexibility index (Phi) is 10.3. The third-order valence-electron chi connectivity index (χ3n) is 15.4. The van der Waals surface area contributed by atoms with E-state index in [1.54, 1.807) is 0 Å². The van der Waals surface area contributed by atoms with Gasteiger partial charge in [0, 0.05) is 5.41 Å². The largest absolute Gasteiger partial charge is 0.438 e. The van der Waals surface area contributed by atoms with Gasteiger partial charge in [0.25, 0.3) is 0 Å². The van der Waals surface area contributed by atoms with E-state index in [9.17, 15) is 20.1 Å². The van der Waals surface area contributed by atoms with Crippen molar-refractivity contribution in [1.82, 2.24) is 0 Å². The van der Waals surface area contributed by atoms with Crippen molar-refractivity contribution in [2.75, 3.05) is 20.0 Å². The molecule has 45 heavy (non-hydrogen) atoms. The Morgan fingerprint density at radius 1 is 0.933 bits per heavy atom. The van der Waals surface area contributed by atoms with Gasteiger partial charge in [-0.05, 0) is 104 Å². The Morgan fingerprint density at radius 2 is 1.64 bits per heavy atom. The molecule has 3 N–H and O–H groups in total. The summed E-state index contributed by atoms with van der Waals surface area (Å²) in [5.74, 6) is 1.52. The number of carbonyl (C=O) groups excluding carboxylic acids is 1. The average Bonchev–Trinajstić information content (AvgIpc) is 3.01. The summed E-state index contributed by atoms with van der Waals surface area (Å²) >= 11 is 0. The van der Waals surface area contributed by atoms with Gasteiger partial charge in [0.15, 0.2) is 6.79 Å². The number of carbonyl (C=O) groups is 1. The molecule has 6 nitrogen and oxygen atoms in total. The second-order valence-corrected chi connectivity index (χ2v) is 17.4. The van der Waals surface area contributed by atoms with Crippen LogP contribution in [0.15, 0.2) is 11.6 Å². The summed E-state index contributed by atoms with van der Waals surface area (Å²) in [6, 6.07) is 0. The third kappa shape index (κ3) is 5.48. The van der Waals surface area contributed by atoms with Gasteiger partial charge in [-0.1, -0.05) is 92.2 Å². The van der Waals surface area contributed by atoms with Crippen LogP contribution in [0.5, 0.6) is 0 Å². The Morgan fingerprint density at radius 3 is 2.36 bits per heavy atom. The number of esters is 1. The minimum absolute atomic E-state index is 0.00256. The molecule has 4 saturated carbocycles. The number of hydrogen-bond donors (Lipinski definition) is 3. The first-order chi connectivity index (χ1) is 21.3. The molecule has 0 heterocycles. The molecule has 5 rings (SSSR count). The van der Waals surface area contributed by atoms with Crippen LogP contribution in [-0.2, 0) is 14.3 Å². The molecule has 0 radical (unpaired) electrons. The monoisotopic (exact) mass is 630 g/mol. The molecule has 0 aromatic heterocycles. The molecule has 4 fully saturated rings. The van der Waals surface area contributed by atoms with Crippen molar-refractivity contribution in [3.8, 4) is 0 Å². The second kappa shape index (κ2) is 13.2. The lowest BCUT2D eigenvalue weighted by Gasteiger charge is -2.71. The van der Waals surface area contributed by atoms with Gasteiger partial charge < -0.3 is 24.8 Å². The van der Waals surface area contributed by atoms with Crippen LogP contribution < -0.4 is 0 Å². The fraction of sp³-hybridized carbons (Fsp3) is 0.923. The first-order valence-corrected chi connectivity index (χ1v) is 18.7. The standard InChI is InChI=1S/C39H66O6/c1-8-9-10-11-12-13-22-44-25-45-34(43)39-19-16-26(2)27(3)32(39)28-14-15-31-35(4)23-29(41)33(42)36(5,24-40)30(35)17-18-38(31,7)37(28,6)20-21-39/h14,26-27,29-33,40-42H,8-13,15-25H2,1-7H3/t26-,27+,29-,30-,31-,32+,33+,35+,36+,37-,38-,39+/m1/s1. The van der Waals surface area contributed by atoms with Gasteiger partial charge in [-0.25, -0.2) is 0 Å². The zero-order valence-electron chi connectivity index (χ0n) is 29.7. The summed E-state index contributed by atoms with van der Waals surface area (Å²) in [4.78, 5) is 14.2. The molecule has 0 bridgehead atoms. The number of hydrogen-bond acceptors (Lipinski definition) is 6. The van der Waals surface area contributed by atoms with Gasteiger partial charge in [-0.3, -0.25) is 4.79 Å². The number of aliphatic hydroxyl groups is 3. The van der Waals surface area contributed by atoms with Gasteiger partial charge in [-0.2, -0.15) is 0 Å². The van der Waals surface area contributed by atoms with Gasteiger partial charge in [0.1, 0.15) is 0 Å². The quantitative estimate of drug-likeness (QED) is 0.0932. The molecule has 0 amide bonds. The minimum Gasteiger partial charge on any atom is -0.438 e. The SMILES string of the molecule is CCCCCCCCOCOC(=O)[C@]12CC[C@@H](C)[C@H](C)[C@H]1C1=CC[C@@H]3[C@@]4(C)C[C@@H](O)[C@H](O)[C@@](C)(CO)[C@@H]4CC[C@@]3(C)[C@]1(C)CC2. The first kappa shape index (κ1) is 35.4. The molecule has 5 aliphatic rings. The van der Waals surface area contributed by atoms with E-state index in [-0.39, 0.29) is 47.4 Å². The van der Waals surface area contributed by atoms with E-state index in [2.05, 4.69) is 47.6 Å². The third-order valence-corrected chi connectivity index (χ3v) is 15.4. The van der Waals surface area contributed by atoms with Crippen LogP contribution in [0.1, 0.15) is 138 Å². The van der Waals surface area contributed by atoms with Crippen LogP contribution in [0.2, 0.25) is 0 Å². The summed E-state index contributed by atoms with van der Waals surface area (Å²) < 4.78 is 11.8. The van der Waals surface area contributed by atoms with Crippen LogP contribution in [-0.4, -0.2) is 53.5 Å². The Bertz CT molecular complexity index is 1090. The van der Waals surface area contributed by atoms with E-state index in [4.69, 9.17) is 9.47 Å². The molecule has 0 spiro atoms. The number of rotatable bonds is 11. The van der Waals surface area contributed by atoms with E-state index in [0.29, 0.717) is 30.8 Å². The van der Waals surface area contributed by atoms with E-state index < -0.39 is 23.0 Å². The highest BCUT2D eigenvalue weighted by atomic mass is 16.7. The van der Waals surface area contributed by atoms with E-state index >= 15 is 0 Å². The van der Waals surface area contributed by atoms with Gasteiger partial charge >= 0.3 is 5.97 Å². The topological polar surface area (TPSA) is 96.2 Å². The molecule has 0 aromatic rings. The summed E-state index contributed by atoms with van der Waals surface area (Å²) in [7, 11) is 0. The van der Waals surface area contributed by atoms with Gasteiger partial charge in [-0.15, -0.1) is 0 Å². The van der Waals surface area contributed by atoms with Crippen LogP contribution in [0.4, 0.5) is 0 Å². The van der Waals surface area contributed by atoms with Crippen LogP contribution in [0.3, 0.4) is 0 Å². The molecule has 0 aromatic carbocycles. The molecule has 0 saturated heterocycles. The minimum atomic E-state index is -0.907. The molecule has 258 valence electrons. The highest BCUT2D eigenvalue weighted by Gasteiger charge is 2.70. The van der Waals surface area contributed by atoms with Crippen molar-refractivity contribution < 1.29 is 29.6 Å². The first-order valence-electron chi connectivity index (χ1n) is 18.7. The lowest BCUT2D eigenvalue weighted by molar-refractivity contribution is -0.244. The van der Waals surface area contributed by atoms with Crippen LogP contribution in [0, 0.1) is 56.7 Å².